The highest BCUT2D eigenvalue weighted by Gasteiger charge is 2.85. The lowest BCUT2D eigenvalue weighted by molar-refractivity contribution is -0.290. The molecular weight excluding hydrogens is 512 g/mol. The van der Waals surface area contributed by atoms with Gasteiger partial charge in [-0.1, -0.05) is 26.3 Å². The van der Waals surface area contributed by atoms with Crippen LogP contribution in [0.1, 0.15) is 47.5 Å². The molecule has 10 atom stereocenters. The molecule has 11 heteroatoms. The van der Waals surface area contributed by atoms with Gasteiger partial charge in [-0.05, 0) is 43.1 Å². The van der Waals surface area contributed by atoms with E-state index in [0.717, 1.165) is 7.11 Å². The zero-order valence-electron chi connectivity index (χ0n) is 22.9. The van der Waals surface area contributed by atoms with Crippen molar-refractivity contribution < 1.29 is 53.4 Å². The van der Waals surface area contributed by atoms with Gasteiger partial charge in [0.1, 0.15) is 12.2 Å². The van der Waals surface area contributed by atoms with E-state index in [4.69, 9.17) is 18.9 Å². The van der Waals surface area contributed by atoms with Crippen LogP contribution < -0.4 is 0 Å². The van der Waals surface area contributed by atoms with Gasteiger partial charge in [0.25, 0.3) is 0 Å². The quantitative estimate of drug-likeness (QED) is 0.262. The minimum atomic E-state index is -2.22. The molecule has 5 rings (SSSR count). The molecule has 0 amide bonds. The molecule has 2 saturated heterocycles. The Balaban J connectivity index is 1.71. The van der Waals surface area contributed by atoms with Crippen molar-refractivity contribution in [3.8, 4) is 0 Å². The van der Waals surface area contributed by atoms with Crippen LogP contribution in [0, 0.1) is 34.5 Å². The second-order valence-electron chi connectivity index (χ2n) is 12.3. The number of hydrogen-bond acceptors (Lipinski definition) is 11. The van der Waals surface area contributed by atoms with Crippen LogP contribution in [0.15, 0.2) is 23.0 Å². The third-order valence-electron chi connectivity index (χ3n) is 10.3. The predicted molar refractivity (Wildman–Crippen MR) is 132 cm³/mol. The third-order valence-corrected chi connectivity index (χ3v) is 10.3. The van der Waals surface area contributed by atoms with Gasteiger partial charge in [-0.15, -0.1) is 0 Å². The van der Waals surface area contributed by atoms with Gasteiger partial charge in [0.05, 0.1) is 25.7 Å². The first-order valence-corrected chi connectivity index (χ1v) is 13.3. The Labute approximate surface area is 226 Å². The van der Waals surface area contributed by atoms with E-state index in [-0.39, 0.29) is 31.1 Å². The van der Waals surface area contributed by atoms with Gasteiger partial charge in [-0.25, -0.2) is 14.4 Å². The van der Waals surface area contributed by atoms with Crippen molar-refractivity contribution >= 4 is 23.7 Å². The molecule has 0 radical (unpaired) electrons. The summed E-state index contributed by atoms with van der Waals surface area (Å²) in [5, 5.41) is 33.7. The molecule has 1 spiro atoms. The number of fused-ring (bicyclic) bond motifs is 2. The van der Waals surface area contributed by atoms with Crippen molar-refractivity contribution in [2.45, 2.75) is 77.5 Å². The monoisotopic (exact) mass is 548 g/mol. The summed E-state index contributed by atoms with van der Waals surface area (Å²) in [5.41, 5.74) is -3.43. The van der Waals surface area contributed by atoms with E-state index < -0.39 is 82.3 Å². The summed E-state index contributed by atoms with van der Waals surface area (Å²) in [7, 11) is 1.10. The molecule has 5 aliphatic rings. The number of rotatable bonds is 4. The molecule has 3 aliphatic carbocycles. The predicted octanol–water partition coefficient (Wildman–Crippen LogP) is 1.15. The van der Waals surface area contributed by atoms with Gasteiger partial charge in [-0.2, -0.15) is 0 Å². The first-order chi connectivity index (χ1) is 18.2. The number of esters is 3. The summed E-state index contributed by atoms with van der Waals surface area (Å²) in [5.74, 6) is -6.26. The largest absolute Gasteiger partial charge is 0.504 e. The smallest absolute Gasteiger partial charge is 0.348 e. The lowest BCUT2D eigenvalue weighted by Gasteiger charge is -2.67. The highest BCUT2D eigenvalue weighted by Crippen LogP contribution is 2.72. The fourth-order valence-electron chi connectivity index (χ4n) is 8.37. The van der Waals surface area contributed by atoms with Crippen LogP contribution in [0.3, 0.4) is 0 Å². The van der Waals surface area contributed by atoms with Gasteiger partial charge in [0, 0.05) is 23.8 Å². The lowest BCUT2D eigenvalue weighted by Crippen LogP contribution is -2.79. The average Bonchev–Trinajstić information content (AvgIpc) is 3.18. The van der Waals surface area contributed by atoms with Crippen LogP contribution in [0.4, 0.5) is 0 Å². The number of carbonyl (C=O) groups is 4. The second-order valence-corrected chi connectivity index (χ2v) is 12.3. The Hall–Kier alpha value is -2.76. The van der Waals surface area contributed by atoms with Crippen LogP contribution in [-0.2, 0) is 38.1 Å². The minimum Gasteiger partial charge on any atom is -0.504 e. The zero-order valence-corrected chi connectivity index (χ0v) is 22.9. The fraction of sp³-hybridized carbons (Fsp3) is 0.714. The maximum Gasteiger partial charge on any atom is 0.348 e. The second kappa shape index (κ2) is 8.87. The highest BCUT2D eigenvalue weighted by molar-refractivity contribution is 5.95. The molecule has 0 aromatic rings. The maximum absolute atomic E-state index is 13.5. The van der Waals surface area contributed by atoms with E-state index in [0.29, 0.717) is 11.1 Å². The number of aliphatic hydroxyl groups excluding tert-OH is 3. The molecular formula is C28H36O11. The summed E-state index contributed by atoms with van der Waals surface area (Å²) in [6.07, 6.45) is -4.75. The van der Waals surface area contributed by atoms with Crippen LogP contribution in [0.25, 0.3) is 0 Å². The van der Waals surface area contributed by atoms with Crippen molar-refractivity contribution in [1.29, 1.82) is 0 Å². The van der Waals surface area contributed by atoms with Gasteiger partial charge >= 0.3 is 17.9 Å². The van der Waals surface area contributed by atoms with Crippen LogP contribution in [0.2, 0.25) is 0 Å². The molecule has 214 valence electrons. The number of ether oxygens (including phenoxy) is 4. The van der Waals surface area contributed by atoms with E-state index in [1.165, 1.54) is 6.08 Å². The molecule has 2 saturated carbocycles. The molecule has 2 aliphatic heterocycles. The van der Waals surface area contributed by atoms with Gasteiger partial charge in [0.2, 0.25) is 11.7 Å². The van der Waals surface area contributed by atoms with Gasteiger partial charge in [-0.3, -0.25) is 4.79 Å². The summed E-state index contributed by atoms with van der Waals surface area (Å²) in [4.78, 5) is 52.8. The lowest BCUT2D eigenvalue weighted by atomic mass is 9.38. The standard InChI is InChI=1S/C28H36O11/c1-11(2)12(3)7-17(30)39-20-22-27-10-37-28(22,25(35)36-6)23(33)19(32)21(27)26(5)9-15(29)18(31)13(4)14(26)8-16(27)38-24(20)34/h7,11,14,16,19-23,31-33H,8-10H2,1-6H3/b12-7+/t14-,16-,19-,20-,21-,22-,23-,26+,27-,28+/m0/s1. The maximum atomic E-state index is 13.5. The fourth-order valence-corrected chi connectivity index (χ4v) is 8.37. The van der Waals surface area contributed by atoms with Crippen molar-refractivity contribution in [1.82, 2.24) is 0 Å². The summed E-state index contributed by atoms with van der Waals surface area (Å²) >= 11 is 0. The van der Waals surface area contributed by atoms with Gasteiger partial charge < -0.3 is 34.3 Å². The van der Waals surface area contributed by atoms with Crippen LogP contribution >= 0.6 is 0 Å². The Kier molecular flexibility index (Phi) is 6.32. The van der Waals surface area contributed by atoms with Crippen molar-refractivity contribution in [2.24, 2.45) is 34.5 Å². The first-order valence-electron chi connectivity index (χ1n) is 13.3. The molecule has 4 fully saturated rings. The molecule has 0 aromatic carbocycles. The SMILES string of the molecule is COC(=O)[C@]12OC[C@]34[C@H](C[C@H]5C(C)=C(O)C(=O)C[C@@]5(C)[C@@H]3[C@H](O)[C@@H]1O)OC(=O)[C@@H](OC(=O)/C=C(\C)C(C)C)[C@H]24. The van der Waals surface area contributed by atoms with Crippen molar-refractivity contribution in [3.05, 3.63) is 23.0 Å². The van der Waals surface area contributed by atoms with E-state index in [1.807, 2.05) is 13.8 Å². The molecule has 0 unspecified atom stereocenters. The molecule has 39 heavy (non-hydrogen) atoms. The molecule has 11 nitrogen and oxygen atoms in total. The van der Waals surface area contributed by atoms with Gasteiger partial charge in [0.15, 0.2) is 11.5 Å². The minimum absolute atomic E-state index is 0.0302. The summed E-state index contributed by atoms with van der Waals surface area (Å²) < 4.78 is 22.7. The van der Waals surface area contributed by atoms with Crippen LogP contribution in [-0.4, -0.2) is 82.7 Å². The van der Waals surface area contributed by atoms with E-state index in [1.54, 1.807) is 20.8 Å². The van der Waals surface area contributed by atoms with E-state index in [2.05, 4.69) is 0 Å². The highest BCUT2D eigenvalue weighted by atomic mass is 16.6. The number of ketones is 1. The molecule has 2 heterocycles. The number of methoxy groups -OCH3 is 1. The van der Waals surface area contributed by atoms with Crippen LogP contribution in [0.5, 0.6) is 0 Å². The number of carbonyl (C=O) groups excluding carboxylic acids is 4. The Morgan fingerprint density at radius 3 is 2.46 bits per heavy atom. The summed E-state index contributed by atoms with van der Waals surface area (Å²) in [6, 6.07) is 0. The number of aliphatic hydroxyl groups is 3. The van der Waals surface area contributed by atoms with Crippen molar-refractivity contribution in [3.63, 3.8) is 0 Å². The zero-order chi connectivity index (χ0) is 28.8. The average molecular weight is 549 g/mol. The summed E-state index contributed by atoms with van der Waals surface area (Å²) in [6.45, 7) is 8.72. The third kappa shape index (κ3) is 3.39. The number of hydrogen-bond donors (Lipinski definition) is 3. The normalized spacial score (nSPS) is 44.9. The first kappa shape index (κ1) is 27.8. The Bertz CT molecular complexity index is 1200. The molecule has 0 aromatic heterocycles. The Morgan fingerprint density at radius 1 is 1.18 bits per heavy atom. The van der Waals surface area contributed by atoms with E-state index >= 15 is 0 Å². The van der Waals surface area contributed by atoms with E-state index in [9.17, 15) is 34.5 Å². The Morgan fingerprint density at radius 2 is 1.85 bits per heavy atom. The molecule has 2 bridgehead atoms. The molecule has 3 N–H and O–H groups in total. The number of allylic oxidation sites excluding steroid dienone is 3. The topological polar surface area (TPSA) is 166 Å². The number of Topliss-reactive ketones (excluding diaryl/α,β-unsaturated/α-hetero) is 1. The van der Waals surface area contributed by atoms with Crippen molar-refractivity contribution in [2.75, 3.05) is 13.7 Å².